The minimum absolute atomic E-state index is 0.0257. The second-order valence-corrected chi connectivity index (χ2v) is 3.78. The molecule has 2 amide bonds. The first-order valence-corrected chi connectivity index (χ1v) is 5.63. The van der Waals surface area contributed by atoms with Crippen LogP contribution in [0.15, 0.2) is 12.2 Å². The van der Waals surface area contributed by atoms with Crippen LogP contribution < -0.4 is 0 Å². The van der Waals surface area contributed by atoms with Gasteiger partial charge in [0.1, 0.15) is 6.04 Å². The second-order valence-electron chi connectivity index (χ2n) is 3.78. The molecule has 0 aliphatic carbocycles. The first kappa shape index (κ1) is 14.7. The van der Waals surface area contributed by atoms with E-state index in [0.717, 1.165) is 0 Å². The van der Waals surface area contributed by atoms with Crippen LogP contribution in [0, 0.1) is 0 Å². The Morgan fingerprint density at radius 2 is 1.81 bits per heavy atom. The highest BCUT2D eigenvalue weighted by molar-refractivity contribution is 5.92. The Bertz CT molecular complexity index is 272. The molecule has 0 heterocycles. The maximum absolute atomic E-state index is 11.9. The molecule has 0 radical (unpaired) electrons. The molecule has 0 fully saturated rings. The van der Waals surface area contributed by atoms with Crippen LogP contribution in [0.2, 0.25) is 0 Å². The standard InChI is InChI=1S/C12H22N2O2/c1-6-9-11(15)14(8-3)10(7-2)12(16)13(4)5/h6,9-10H,7-8H2,1-5H3. The Balaban J connectivity index is 4.89. The van der Waals surface area contributed by atoms with Gasteiger partial charge in [0.15, 0.2) is 0 Å². The van der Waals surface area contributed by atoms with Crippen molar-refractivity contribution in [2.45, 2.75) is 33.2 Å². The van der Waals surface area contributed by atoms with Gasteiger partial charge in [-0.3, -0.25) is 9.59 Å². The Labute approximate surface area is 97.9 Å². The van der Waals surface area contributed by atoms with E-state index in [0.29, 0.717) is 13.0 Å². The van der Waals surface area contributed by atoms with Crippen LogP contribution in [0.1, 0.15) is 27.2 Å². The summed E-state index contributed by atoms with van der Waals surface area (Å²) in [7, 11) is 3.41. The van der Waals surface area contributed by atoms with Crippen molar-refractivity contribution in [2.75, 3.05) is 20.6 Å². The molecule has 0 saturated heterocycles. The molecule has 0 saturated carbocycles. The molecule has 1 atom stereocenters. The summed E-state index contributed by atoms with van der Waals surface area (Å²) in [6.45, 7) is 6.13. The quantitative estimate of drug-likeness (QED) is 0.663. The molecule has 16 heavy (non-hydrogen) atoms. The SMILES string of the molecule is CC=CC(=O)N(CC)C(CC)C(=O)N(C)C. The lowest BCUT2D eigenvalue weighted by molar-refractivity contribution is -0.141. The molecule has 4 nitrogen and oxygen atoms in total. The number of hydrogen-bond donors (Lipinski definition) is 0. The number of allylic oxidation sites excluding steroid dienone is 1. The van der Waals surface area contributed by atoms with Gasteiger partial charge in [0, 0.05) is 20.6 Å². The molecule has 0 N–H and O–H groups in total. The maximum Gasteiger partial charge on any atom is 0.246 e. The van der Waals surface area contributed by atoms with Crippen molar-refractivity contribution >= 4 is 11.8 Å². The highest BCUT2D eigenvalue weighted by atomic mass is 16.2. The van der Waals surface area contributed by atoms with Crippen molar-refractivity contribution in [3.63, 3.8) is 0 Å². The summed E-state index contributed by atoms with van der Waals surface area (Å²) in [6, 6.07) is -0.358. The normalized spacial score (nSPS) is 12.6. The van der Waals surface area contributed by atoms with Crippen LogP contribution in [-0.2, 0) is 9.59 Å². The average molecular weight is 226 g/mol. The topological polar surface area (TPSA) is 40.6 Å². The molecule has 0 aliphatic rings. The van der Waals surface area contributed by atoms with Crippen LogP contribution in [-0.4, -0.2) is 48.3 Å². The fourth-order valence-electron chi connectivity index (χ4n) is 1.59. The van der Waals surface area contributed by atoms with Gasteiger partial charge in [-0.25, -0.2) is 0 Å². The van der Waals surface area contributed by atoms with E-state index in [2.05, 4.69) is 0 Å². The van der Waals surface area contributed by atoms with E-state index < -0.39 is 0 Å². The lowest BCUT2D eigenvalue weighted by Gasteiger charge is -2.30. The second kappa shape index (κ2) is 7.04. The smallest absolute Gasteiger partial charge is 0.246 e. The van der Waals surface area contributed by atoms with E-state index in [1.165, 1.54) is 11.0 Å². The highest BCUT2D eigenvalue weighted by Gasteiger charge is 2.26. The van der Waals surface area contributed by atoms with Gasteiger partial charge in [0.25, 0.3) is 0 Å². The number of nitrogens with zero attached hydrogens (tertiary/aromatic N) is 2. The molecular weight excluding hydrogens is 204 g/mol. The van der Waals surface area contributed by atoms with Gasteiger partial charge in [0.05, 0.1) is 0 Å². The summed E-state index contributed by atoms with van der Waals surface area (Å²) < 4.78 is 0. The van der Waals surface area contributed by atoms with Crippen LogP contribution in [0.25, 0.3) is 0 Å². The van der Waals surface area contributed by atoms with Gasteiger partial charge >= 0.3 is 0 Å². The van der Waals surface area contributed by atoms with Crippen molar-refractivity contribution < 1.29 is 9.59 Å². The van der Waals surface area contributed by atoms with E-state index in [-0.39, 0.29) is 17.9 Å². The van der Waals surface area contributed by atoms with Crippen LogP contribution in [0.3, 0.4) is 0 Å². The zero-order chi connectivity index (χ0) is 12.7. The van der Waals surface area contributed by atoms with E-state index in [1.807, 2.05) is 13.8 Å². The summed E-state index contributed by atoms with van der Waals surface area (Å²) in [5, 5.41) is 0. The summed E-state index contributed by atoms with van der Waals surface area (Å²) in [6.07, 6.45) is 3.82. The summed E-state index contributed by atoms with van der Waals surface area (Å²) >= 11 is 0. The third-order valence-corrected chi connectivity index (χ3v) is 2.42. The Morgan fingerprint density at radius 1 is 1.25 bits per heavy atom. The molecule has 4 heteroatoms. The number of hydrogen-bond acceptors (Lipinski definition) is 2. The Kier molecular flexibility index (Phi) is 6.46. The van der Waals surface area contributed by atoms with Gasteiger partial charge in [-0.1, -0.05) is 13.0 Å². The molecular formula is C12H22N2O2. The first-order valence-electron chi connectivity index (χ1n) is 5.63. The summed E-state index contributed by atoms with van der Waals surface area (Å²) in [5.74, 6) is -0.130. The zero-order valence-electron chi connectivity index (χ0n) is 10.9. The largest absolute Gasteiger partial charge is 0.347 e. The monoisotopic (exact) mass is 226 g/mol. The number of carbonyl (C=O) groups is 2. The predicted molar refractivity (Wildman–Crippen MR) is 65.0 cm³/mol. The Hall–Kier alpha value is -1.32. The van der Waals surface area contributed by atoms with Crippen LogP contribution >= 0.6 is 0 Å². The van der Waals surface area contributed by atoms with Crippen molar-refractivity contribution in [3.05, 3.63) is 12.2 Å². The van der Waals surface area contributed by atoms with Gasteiger partial charge in [-0.2, -0.15) is 0 Å². The summed E-state index contributed by atoms with van der Waals surface area (Å²) in [5.41, 5.74) is 0. The minimum atomic E-state index is -0.358. The highest BCUT2D eigenvalue weighted by Crippen LogP contribution is 2.08. The van der Waals surface area contributed by atoms with Crippen molar-refractivity contribution in [1.82, 2.24) is 9.80 Å². The van der Waals surface area contributed by atoms with Gasteiger partial charge < -0.3 is 9.80 Å². The van der Waals surface area contributed by atoms with Crippen molar-refractivity contribution in [2.24, 2.45) is 0 Å². The number of amides is 2. The fraction of sp³-hybridized carbons (Fsp3) is 0.667. The van der Waals surface area contributed by atoms with E-state index >= 15 is 0 Å². The molecule has 0 aromatic rings. The minimum Gasteiger partial charge on any atom is -0.347 e. The Morgan fingerprint density at radius 3 is 2.12 bits per heavy atom. The number of rotatable bonds is 5. The molecule has 0 aromatic heterocycles. The van der Waals surface area contributed by atoms with Gasteiger partial charge in [0.2, 0.25) is 11.8 Å². The van der Waals surface area contributed by atoms with Gasteiger partial charge in [-0.15, -0.1) is 0 Å². The predicted octanol–water partition coefficient (Wildman–Crippen LogP) is 1.28. The molecule has 0 aliphatic heterocycles. The molecule has 92 valence electrons. The van der Waals surface area contributed by atoms with Crippen LogP contribution in [0.5, 0.6) is 0 Å². The molecule has 1 unspecified atom stereocenters. The third kappa shape index (κ3) is 3.68. The number of likely N-dealkylation sites (N-methyl/N-ethyl adjacent to an activating group) is 2. The fourth-order valence-corrected chi connectivity index (χ4v) is 1.59. The van der Waals surface area contributed by atoms with Gasteiger partial charge in [-0.05, 0) is 26.3 Å². The lowest BCUT2D eigenvalue weighted by Crippen LogP contribution is -2.48. The van der Waals surface area contributed by atoms with Crippen LogP contribution in [0.4, 0.5) is 0 Å². The first-order chi connectivity index (χ1) is 7.49. The summed E-state index contributed by atoms with van der Waals surface area (Å²) in [4.78, 5) is 26.8. The molecule has 0 rings (SSSR count). The van der Waals surface area contributed by atoms with E-state index in [4.69, 9.17) is 0 Å². The van der Waals surface area contributed by atoms with E-state index in [9.17, 15) is 9.59 Å². The van der Waals surface area contributed by atoms with E-state index in [1.54, 1.807) is 32.0 Å². The molecule has 0 spiro atoms. The maximum atomic E-state index is 11.9. The van der Waals surface area contributed by atoms with Crippen molar-refractivity contribution in [1.29, 1.82) is 0 Å². The molecule has 0 aromatic carbocycles. The average Bonchev–Trinajstić information content (AvgIpc) is 2.24. The third-order valence-electron chi connectivity index (χ3n) is 2.42. The zero-order valence-corrected chi connectivity index (χ0v) is 10.9. The van der Waals surface area contributed by atoms with Crippen molar-refractivity contribution in [3.8, 4) is 0 Å². The number of carbonyl (C=O) groups excluding carboxylic acids is 2. The lowest BCUT2D eigenvalue weighted by atomic mass is 10.1. The molecule has 0 bridgehead atoms.